The summed E-state index contributed by atoms with van der Waals surface area (Å²) < 4.78 is 0. The van der Waals surface area contributed by atoms with Gasteiger partial charge in [0.25, 0.3) is 0 Å². The first-order chi connectivity index (χ1) is 7.08. The molecule has 0 saturated carbocycles. The van der Waals surface area contributed by atoms with Gasteiger partial charge in [0.2, 0.25) is 0 Å². The molecule has 18 heavy (non-hydrogen) atoms. The first-order valence-electron chi connectivity index (χ1n) is 5.45. The largest absolute Gasteiger partial charge is 4.00 e. The summed E-state index contributed by atoms with van der Waals surface area (Å²) in [6, 6.07) is 20.0. The van der Waals surface area contributed by atoms with Crippen LogP contribution in [0.25, 0.3) is 0 Å². The van der Waals surface area contributed by atoms with E-state index < -0.39 is 8.07 Å². The zero-order chi connectivity index (χ0) is 11.1. The Morgan fingerprint density at radius 1 is 0.889 bits per heavy atom. The molecule has 0 N–H and O–H groups in total. The summed E-state index contributed by atoms with van der Waals surface area (Å²) in [6.07, 6.45) is 0. The molecule has 0 bridgehead atoms. The molecule has 0 aliphatic heterocycles. The molecular weight excluding hydrogens is 399 g/mol. The van der Waals surface area contributed by atoms with Gasteiger partial charge >= 0.3 is 25.8 Å². The van der Waals surface area contributed by atoms with Gasteiger partial charge in [-0.25, -0.2) is 24.3 Å². The molecule has 0 radical (unpaired) electrons. The molecule has 0 heterocycles. The van der Waals surface area contributed by atoms with Crippen molar-refractivity contribution in [3.8, 4) is 0 Å². The van der Waals surface area contributed by atoms with Gasteiger partial charge < -0.3 is 14.9 Å². The molecule has 2 heteroatoms. The van der Waals surface area contributed by atoms with E-state index in [2.05, 4.69) is 43.9 Å². The maximum Gasteiger partial charge on any atom is 4.00 e. The minimum atomic E-state index is -0.862. The molecule has 0 atom stereocenters. The Labute approximate surface area is 134 Å². The minimum absolute atomic E-state index is 0. The van der Waals surface area contributed by atoms with Gasteiger partial charge in [-0.15, -0.1) is 0 Å². The van der Waals surface area contributed by atoms with Crippen molar-refractivity contribution in [3.05, 3.63) is 75.0 Å². The predicted molar refractivity (Wildman–Crippen MR) is 83.9 cm³/mol. The molecule has 0 fully saturated rings. The average molecular weight is 425 g/mol. The van der Waals surface area contributed by atoms with E-state index in [4.69, 9.17) is 0 Å². The summed E-state index contributed by atoms with van der Waals surface area (Å²) in [7, 11) is -0.862. The Bertz CT molecular complexity index is 310. The smallest absolute Gasteiger partial charge is 0.358 e. The fourth-order valence-corrected chi connectivity index (χ4v) is 2.93. The molecule has 0 amide bonds. The topological polar surface area (TPSA) is 0 Å². The molecule has 0 aliphatic carbocycles. The number of rotatable bonds is 2. The Morgan fingerprint density at radius 2 is 1.33 bits per heavy atom. The van der Waals surface area contributed by atoms with E-state index in [0.717, 1.165) is 0 Å². The summed E-state index contributed by atoms with van der Waals surface area (Å²) in [6.45, 7) is 7.21. The fourth-order valence-electron chi connectivity index (χ4n) is 1.46. The molecule has 2 aromatic carbocycles. The van der Waals surface area contributed by atoms with Crippen LogP contribution in [0, 0.1) is 14.9 Å². The van der Waals surface area contributed by atoms with Gasteiger partial charge in [-0.2, -0.15) is 35.9 Å². The average Bonchev–Trinajstić information content (AvgIpc) is 2.71. The maximum atomic E-state index is 2.40. The third-order valence-corrected chi connectivity index (χ3v) is 3.49. The second kappa shape index (κ2) is 11.9. The van der Waals surface area contributed by atoms with Crippen LogP contribution in [0.4, 0.5) is 0 Å². The maximum absolute atomic E-state index is 2.40. The van der Waals surface area contributed by atoms with E-state index >= 15 is 0 Å². The monoisotopic (exact) mass is 426 g/mol. The normalized spacial score (nSPS) is 8.83. The van der Waals surface area contributed by atoms with E-state index in [1.807, 2.05) is 30.3 Å². The first-order valence-corrected chi connectivity index (χ1v) is 9.16. The zero-order valence-electron chi connectivity index (χ0n) is 12.4. The van der Waals surface area contributed by atoms with Gasteiger partial charge in [0.05, 0.1) is 0 Å². The Kier molecular flexibility index (Phi) is 15.1. The number of hydrogen-bond donors (Lipinski definition) is 0. The molecule has 0 aromatic heterocycles. The molecule has 0 saturated heterocycles. The summed E-state index contributed by atoms with van der Waals surface area (Å²) >= 11 is 0. The Balaban J connectivity index is -0.000000245. The van der Waals surface area contributed by atoms with Crippen LogP contribution in [0.1, 0.15) is 5.56 Å². The van der Waals surface area contributed by atoms with E-state index in [1.165, 1.54) is 11.6 Å². The van der Waals surface area contributed by atoms with Crippen molar-refractivity contribution in [1.29, 1.82) is 0 Å². The Morgan fingerprint density at radius 3 is 1.61 bits per heavy atom. The summed E-state index contributed by atoms with van der Waals surface area (Å²) in [5.41, 5.74) is 1.51. The molecule has 0 aliphatic rings. The van der Waals surface area contributed by atoms with Crippen molar-refractivity contribution in [2.24, 2.45) is 0 Å². The summed E-state index contributed by atoms with van der Waals surface area (Å²) in [5.74, 6) is 0. The van der Waals surface area contributed by atoms with Crippen molar-refractivity contribution in [3.63, 3.8) is 0 Å². The van der Waals surface area contributed by atoms with Crippen LogP contribution in [0.2, 0.25) is 19.6 Å². The third-order valence-electron chi connectivity index (χ3n) is 2.02. The van der Waals surface area contributed by atoms with Crippen LogP contribution in [-0.2, 0) is 31.9 Å². The van der Waals surface area contributed by atoms with Crippen LogP contribution in [0.3, 0.4) is 0 Å². The van der Waals surface area contributed by atoms with Crippen LogP contribution >= 0.6 is 0 Å². The fraction of sp³-hybridized carbons (Fsp3) is 0.250. The van der Waals surface area contributed by atoms with Gasteiger partial charge in [0.1, 0.15) is 0 Å². The molecule has 0 spiro atoms. The minimum Gasteiger partial charge on any atom is -0.358 e. The quantitative estimate of drug-likeness (QED) is 0.463. The second-order valence-corrected chi connectivity index (χ2v) is 10.5. The molecule has 0 nitrogen and oxygen atoms in total. The van der Waals surface area contributed by atoms with Crippen molar-refractivity contribution in [2.45, 2.75) is 25.7 Å². The van der Waals surface area contributed by atoms with E-state index in [-0.39, 0.29) is 40.7 Å². The number of hydrogen-bond acceptors (Lipinski definition) is 0. The second-order valence-electron chi connectivity index (χ2n) is 4.99. The predicted octanol–water partition coefficient (Wildman–Crippen LogP) is 5.13. The van der Waals surface area contributed by atoms with Gasteiger partial charge in [-0.1, -0.05) is 25.7 Å². The van der Waals surface area contributed by atoms with Crippen molar-refractivity contribution < 1.29 is 25.8 Å². The molecule has 2 rings (SSSR count). The summed E-state index contributed by atoms with van der Waals surface area (Å²) in [5, 5.41) is 0. The van der Waals surface area contributed by atoms with Gasteiger partial charge in [-0.3, -0.25) is 0 Å². The van der Waals surface area contributed by atoms with Crippen LogP contribution in [-0.4, -0.2) is 8.07 Å². The Hall–Kier alpha value is -0.213. The van der Waals surface area contributed by atoms with Crippen molar-refractivity contribution in [2.75, 3.05) is 0 Å². The van der Waals surface area contributed by atoms with E-state index in [9.17, 15) is 0 Å². The van der Waals surface area contributed by atoms with Gasteiger partial charge in [0.15, 0.2) is 0 Å². The van der Waals surface area contributed by atoms with Crippen molar-refractivity contribution >= 4 is 8.07 Å². The van der Waals surface area contributed by atoms with E-state index in [0.29, 0.717) is 0 Å². The van der Waals surface area contributed by atoms with Crippen LogP contribution in [0.15, 0.2) is 54.6 Å². The molecule has 2 aromatic rings. The molecule has 0 unspecified atom stereocenters. The van der Waals surface area contributed by atoms with Gasteiger partial charge in [0, 0.05) is 8.07 Å². The zero-order valence-corrected chi connectivity index (χ0v) is 17.0. The van der Waals surface area contributed by atoms with Crippen LogP contribution in [0.5, 0.6) is 0 Å². The standard InChI is InChI=1S/C9H15Si.C5H5.2CH3.Hf/c1-10(2,3)8-9-6-4-5-7-9;1-2-4-5-3-1;;;/h4-7H,8H2,1-3H3;1-5H;2*1H3;/q4*-1;+4. The van der Waals surface area contributed by atoms with Gasteiger partial charge in [-0.05, 0) is 0 Å². The van der Waals surface area contributed by atoms with Crippen molar-refractivity contribution in [1.82, 2.24) is 0 Å². The molecular formula is C16H26HfSi. The first kappa shape index (κ1) is 22.9. The van der Waals surface area contributed by atoms with E-state index in [1.54, 1.807) is 0 Å². The summed E-state index contributed by atoms with van der Waals surface area (Å²) in [4.78, 5) is 0. The third kappa shape index (κ3) is 12.2. The van der Waals surface area contributed by atoms with Crippen LogP contribution < -0.4 is 0 Å². The molecule has 98 valence electrons. The SMILES string of the molecule is C[Si](C)(C)C[c-]1cccc1.[CH3-].[CH3-].[Hf+4].c1cc[cH-]c1.